The maximum Gasteiger partial charge on any atom is 0.251 e. The molecule has 26 heavy (non-hydrogen) atoms. The topological polar surface area (TPSA) is 86.5 Å². The van der Waals surface area contributed by atoms with Crippen LogP contribution in [0.1, 0.15) is 29.2 Å². The minimum Gasteiger partial charge on any atom is -0.493 e. The van der Waals surface area contributed by atoms with Gasteiger partial charge < -0.3 is 19.3 Å². The third kappa shape index (κ3) is 3.66. The predicted octanol–water partition coefficient (Wildman–Crippen LogP) is 3.24. The molecule has 0 fully saturated rings. The first-order valence-corrected chi connectivity index (χ1v) is 8.04. The van der Waals surface area contributed by atoms with Crippen LogP contribution in [0.3, 0.4) is 0 Å². The summed E-state index contributed by atoms with van der Waals surface area (Å²) >= 11 is 0. The van der Waals surface area contributed by atoms with Crippen LogP contribution in [0.15, 0.2) is 53.1 Å². The predicted molar refractivity (Wildman–Crippen MR) is 95.2 cm³/mol. The molecule has 1 N–H and O–H groups in total. The summed E-state index contributed by atoms with van der Waals surface area (Å²) in [5.74, 6) is 1.70. The third-order valence-corrected chi connectivity index (χ3v) is 3.84. The zero-order valence-electron chi connectivity index (χ0n) is 14.7. The van der Waals surface area contributed by atoms with Gasteiger partial charge in [0.15, 0.2) is 11.5 Å². The Hall–Kier alpha value is -3.35. The van der Waals surface area contributed by atoms with Crippen molar-refractivity contribution in [3.05, 3.63) is 60.0 Å². The van der Waals surface area contributed by atoms with Crippen molar-refractivity contribution < 1.29 is 18.8 Å². The average Bonchev–Trinajstić information content (AvgIpc) is 3.18. The molecule has 0 aliphatic rings. The van der Waals surface area contributed by atoms with Crippen LogP contribution in [-0.4, -0.2) is 30.3 Å². The molecule has 1 aromatic heterocycles. The zero-order valence-corrected chi connectivity index (χ0v) is 14.7. The maximum atomic E-state index is 12.2. The number of aromatic nitrogens is 2. The molecule has 1 amide bonds. The Balaban J connectivity index is 1.76. The molecular weight excluding hydrogens is 334 g/mol. The number of nitrogens with one attached hydrogen (secondary N) is 1. The van der Waals surface area contributed by atoms with Crippen LogP contribution in [0.2, 0.25) is 0 Å². The number of methoxy groups -OCH3 is 2. The van der Waals surface area contributed by atoms with Crippen molar-refractivity contribution in [2.24, 2.45) is 0 Å². The van der Waals surface area contributed by atoms with Gasteiger partial charge in [-0.05, 0) is 37.3 Å². The van der Waals surface area contributed by atoms with E-state index in [0.717, 1.165) is 5.56 Å². The van der Waals surface area contributed by atoms with Gasteiger partial charge in [0.1, 0.15) is 6.04 Å². The van der Waals surface area contributed by atoms with E-state index in [1.807, 2.05) is 12.1 Å². The Morgan fingerprint density at radius 1 is 1.08 bits per heavy atom. The zero-order chi connectivity index (χ0) is 18.5. The first-order valence-electron chi connectivity index (χ1n) is 8.04. The van der Waals surface area contributed by atoms with E-state index in [0.29, 0.717) is 28.8 Å². The Bertz CT molecular complexity index is 893. The monoisotopic (exact) mass is 353 g/mol. The highest BCUT2D eigenvalue weighted by molar-refractivity contribution is 5.94. The fourth-order valence-corrected chi connectivity index (χ4v) is 2.43. The highest BCUT2D eigenvalue weighted by Gasteiger charge is 2.18. The highest BCUT2D eigenvalue weighted by Crippen LogP contribution is 2.31. The molecule has 0 unspecified atom stereocenters. The quantitative estimate of drug-likeness (QED) is 0.732. The summed E-state index contributed by atoms with van der Waals surface area (Å²) in [5, 5.41) is 6.82. The molecule has 1 atom stereocenters. The van der Waals surface area contributed by atoms with Gasteiger partial charge in [-0.1, -0.05) is 23.4 Å². The third-order valence-electron chi connectivity index (χ3n) is 3.84. The van der Waals surface area contributed by atoms with Crippen LogP contribution in [0, 0.1) is 0 Å². The van der Waals surface area contributed by atoms with Crippen molar-refractivity contribution >= 4 is 5.91 Å². The lowest BCUT2D eigenvalue weighted by Crippen LogP contribution is -2.26. The molecule has 0 spiro atoms. The number of rotatable bonds is 6. The molecular formula is C19H19N3O4. The Kier molecular flexibility index (Phi) is 5.17. The van der Waals surface area contributed by atoms with Gasteiger partial charge in [-0.15, -0.1) is 0 Å². The highest BCUT2D eigenvalue weighted by atomic mass is 16.5. The van der Waals surface area contributed by atoms with Crippen molar-refractivity contribution in [3.63, 3.8) is 0 Å². The Labute approximate surface area is 150 Å². The fraction of sp³-hybridized carbons (Fsp3) is 0.211. The minimum atomic E-state index is -0.427. The Morgan fingerprint density at radius 3 is 2.50 bits per heavy atom. The van der Waals surface area contributed by atoms with E-state index in [-0.39, 0.29) is 5.91 Å². The van der Waals surface area contributed by atoms with Gasteiger partial charge in [0, 0.05) is 11.1 Å². The molecule has 134 valence electrons. The molecule has 7 nitrogen and oxygen atoms in total. The van der Waals surface area contributed by atoms with E-state index in [1.165, 1.54) is 0 Å². The van der Waals surface area contributed by atoms with E-state index < -0.39 is 6.04 Å². The molecule has 0 aliphatic heterocycles. The minimum absolute atomic E-state index is 0.205. The van der Waals surface area contributed by atoms with Gasteiger partial charge in [0.25, 0.3) is 5.91 Å². The van der Waals surface area contributed by atoms with Gasteiger partial charge in [0.05, 0.1) is 14.2 Å². The first kappa shape index (κ1) is 17.5. The second-order valence-electron chi connectivity index (χ2n) is 5.59. The summed E-state index contributed by atoms with van der Waals surface area (Å²) in [5.41, 5.74) is 1.29. The molecule has 0 saturated carbocycles. The standard InChI is InChI=1S/C19H19N3O4/c1-12(20-18(23)13-7-5-4-6-8-13)19-21-17(22-26-19)14-9-10-15(24-2)16(11-14)25-3/h4-12H,1-3H3,(H,20,23)/t12-/m0/s1. The maximum absolute atomic E-state index is 12.2. The van der Waals surface area contributed by atoms with Crippen molar-refractivity contribution in [2.75, 3.05) is 14.2 Å². The number of ether oxygens (including phenoxy) is 2. The molecule has 2 aromatic carbocycles. The summed E-state index contributed by atoms with van der Waals surface area (Å²) in [6, 6.07) is 13.9. The van der Waals surface area contributed by atoms with E-state index >= 15 is 0 Å². The molecule has 0 aliphatic carbocycles. The molecule has 3 aromatic rings. The van der Waals surface area contributed by atoms with E-state index in [9.17, 15) is 4.79 Å². The first-order chi connectivity index (χ1) is 12.6. The summed E-state index contributed by atoms with van der Waals surface area (Å²) in [6.07, 6.45) is 0. The summed E-state index contributed by atoms with van der Waals surface area (Å²) in [6.45, 7) is 1.78. The van der Waals surface area contributed by atoms with Crippen molar-refractivity contribution in [1.82, 2.24) is 15.5 Å². The molecule has 0 radical (unpaired) electrons. The van der Waals surface area contributed by atoms with Crippen LogP contribution in [0.25, 0.3) is 11.4 Å². The largest absolute Gasteiger partial charge is 0.493 e. The molecule has 0 saturated heterocycles. The summed E-state index contributed by atoms with van der Waals surface area (Å²) in [7, 11) is 3.13. The van der Waals surface area contributed by atoms with Crippen molar-refractivity contribution in [2.45, 2.75) is 13.0 Å². The summed E-state index contributed by atoms with van der Waals surface area (Å²) in [4.78, 5) is 16.6. The second kappa shape index (κ2) is 7.69. The van der Waals surface area contributed by atoms with E-state index in [1.54, 1.807) is 57.5 Å². The van der Waals surface area contributed by atoms with Crippen LogP contribution in [0.4, 0.5) is 0 Å². The lowest BCUT2D eigenvalue weighted by atomic mass is 10.2. The van der Waals surface area contributed by atoms with Gasteiger partial charge >= 0.3 is 0 Å². The molecule has 3 rings (SSSR count). The smallest absolute Gasteiger partial charge is 0.251 e. The van der Waals surface area contributed by atoms with Gasteiger partial charge in [-0.3, -0.25) is 4.79 Å². The van der Waals surface area contributed by atoms with Crippen LogP contribution >= 0.6 is 0 Å². The van der Waals surface area contributed by atoms with Gasteiger partial charge in [0.2, 0.25) is 11.7 Å². The number of benzene rings is 2. The van der Waals surface area contributed by atoms with Gasteiger partial charge in [-0.2, -0.15) is 4.98 Å². The number of hydrogen-bond acceptors (Lipinski definition) is 6. The number of amides is 1. The average molecular weight is 353 g/mol. The number of nitrogens with zero attached hydrogens (tertiary/aromatic N) is 2. The fourth-order valence-electron chi connectivity index (χ4n) is 2.43. The number of carbonyl (C=O) groups excluding carboxylic acids is 1. The van der Waals surface area contributed by atoms with Crippen molar-refractivity contribution in [3.8, 4) is 22.9 Å². The van der Waals surface area contributed by atoms with Crippen LogP contribution < -0.4 is 14.8 Å². The second-order valence-corrected chi connectivity index (χ2v) is 5.59. The SMILES string of the molecule is COc1ccc(-c2noc([C@H](C)NC(=O)c3ccccc3)n2)cc1OC. The molecule has 0 bridgehead atoms. The normalized spacial score (nSPS) is 11.7. The van der Waals surface area contributed by atoms with Crippen molar-refractivity contribution in [1.29, 1.82) is 0 Å². The Morgan fingerprint density at radius 2 is 1.81 bits per heavy atom. The van der Waals surface area contributed by atoms with E-state index in [2.05, 4.69) is 15.5 Å². The van der Waals surface area contributed by atoms with Crippen LogP contribution in [-0.2, 0) is 0 Å². The molecule has 7 heteroatoms. The van der Waals surface area contributed by atoms with E-state index in [4.69, 9.17) is 14.0 Å². The molecule has 1 heterocycles. The summed E-state index contributed by atoms with van der Waals surface area (Å²) < 4.78 is 15.8. The lowest BCUT2D eigenvalue weighted by Gasteiger charge is -2.09. The van der Waals surface area contributed by atoms with Crippen LogP contribution in [0.5, 0.6) is 11.5 Å². The lowest BCUT2D eigenvalue weighted by molar-refractivity contribution is 0.0932. The number of hydrogen-bond donors (Lipinski definition) is 1. The number of carbonyl (C=O) groups is 1. The van der Waals surface area contributed by atoms with Gasteiger partial charge in [-0.25, -0.2) is 0 Å².